The van der Waals surface area contributed by atoms with E-state index in [0.29, 0.717) is 18.2 Å². The number of hydrogen-bond donors (Lipinski definition) is 3. The molecule has 1 aliphatic rings. The first-order valence-corrected chi connectivity index (χ1v) is 5.21. The van der Waals surface area contributed by atoms with Gasteiger partial charge in [0, 0.05) is 6.54 Å². The first-order chi connectivity index (χ1) is 7.36. The van der Waals surface area contributed by atoms with Gasteiger partial charge in [-0.1, -0.05) is 0 Å². The van der Waals surface area contributed by atoms with Crippen LogP contribution in [0.15, 0.2) is 6.20 Å². The fourth-order valence-corrected chi connectivity index (χ4v) is 1.75. The number of carbonyl (C=O) groups is 1. The van der Waals surface area contributed by atoms with Crippen LogP contribution in [0.4, 0.5) is 0 Å². The Labute approximate surface area is 87.8 Å². The zero-order valence-corrected chi connectivity index (χ0v) is 8.49. The highest BCUT2D eigenvalue weighted by atomic mass is 16.1. The fraction of sp³-hybridized carbons (Fsp3) is 0.667. The normalized spacial score (nSPS) is 20.4. The molecule has 0 aromatic carbocycles. The van der Waals surface area contributed by atoms with Crippen molar-refractivity contribution >= 4 is 5.91 Å². The molecule has 3 N–H and O–H groups in total. The number of aromatic amines is 1. The lowest BCUT2D eigenvalue weighted by atomic mass is 10.1. The summed E-state index contributed by atoms with van der Waals surface area (Å²) in [5.41, 5.74) is 0.347. The summed E-state index contributed by atoms with van der Waals surface area (Å²) in [5, 5.41) is 15.8. The Hall–Kier alpha value is -1.43. The van der Waals surface area contributed by atoms with Gasteiger partial charge in [0.1, 0.15) is 0 Å². The van der Waals surface area contributed by atoms with E-state index in [0.717, 1.165) is 19.5 Å². The molecule has 1 amide bonds. The first kappa shape index (κ1) is 10.1. The van der Waals surface area contributed by atoms with Gasteiger partial charge in [-0.25, -0.2) is 0 Å². The predicted molar refractivity (Wildman–Crippen MR) is 54.3 cm³/mol. The molecule has 0 bridgehead atoms. The van der Waals surface area contributed by atoms with Gasteiger partial charge in [-0.3, -0.25) is 4.79 Å². The van der Waals surface area contributed by atoms with E-state index in [1.165, 1.54) is 12.6 Å². The van der Waals surface area contributed by atoms with Gasteiger partial charge in [-0.15, -0.1) is 0 Å². The van der Waals surface area contributed by atoms with E-state index in [2.05, 4.69) is 26.0 Å². The summed E-state index contributed by atoms with van der Waals surface area (Å²) in [6.07, 6.45) is 3.66. The maximum Gasteiger partial charge on any atom is 0.273 e. The highest BCUT2D eigenvalue weighted by molar-refractivity contribution is 5.91. The van der Waals surface area contributed by atoms with Crippen molar-refractivity contribution in [2.75, 3.05) is 19.6 Å². The molecule has 1 aliphatic heterocycles. The molecule has 0 spiro atoms. The maximum absolute atomic E-state index is 11.4. The third-order valence-electron chi connectivity index (χ3n) is 2.65. The summed E-state index contributed by atoms with van der Waals surface area (Å²) in [6.45, 7) is 2.87. The van der Waals surface area contributed by atoms with Crippen LogP contribution in [0, 0.1) is 5.92 Å². The van der Waals surface area contributed by atoms with Crippen LogP contribution in [0.3, 0.4) is 0 Å². The molecule has 1 unspecified atom stereocenters. The number of carbonyl (C=O) groups excluding carboxylic acids is 1. The fourth-order valence-electron chi connectivity index (χ4n) is 1.75. The number of rotatable bonds is 4. The third kappa shape index (κ3) is 2.76. The Morgan fingerprint density at radius 3 is 3.27 bits per heavy atom. The lowest BCUT2D eigenvalue weighted by Gasteiger charge is -2.07. The van der Waals surface area contributed by atoms with Gasteiger partial charge in [0.05, 0.1) is 6.20 Å². The molecule has 0 saturated carbocycles. The summed E-state index contributed by atoms with van der Waals surface area (Å²) >= 11 is 0. The van der Waals surface area contributed by atoms with Crippen molar-refractivity contribution in [1.29, 1.82) is 0 Å². The van der Waals surface area contributed by atoms with E-state index in [9.17, 15) is 4.79 Å². The molecule has 6 heteroatoms. The van der Waals surface area contributed by atoms with Gasteiger partial charge in [-0.2, -0.15) is 15.4 Å². The standard InChI is InChI=1S/C9H15N5O/c15-9(8-6-12-14-13-8)11-4-2-7-1-3-10-5-7/h6-7,10H,1-5H2,(H,11,15)(H,12,13,14). The average molecular weight is 209 g/mol. The maximum atomic E-state index is 11.4. The van der Waals surface area contributed by atoms with Crippen LogP contribution < -0.4 is 10.6 Å². The molecule has 6 nitrogen and oxygen atoms in total. The van der Waals surface area contributed by atoms with Crippen molar-refractivity contribution < 1.29 is 4.79 Å². The molecule has 0 aliphatic carbocycles. The van der Waals surface area contributed by atoms with Gasteiger partial charge < -0.3 is 10.6 Å². The van der Waals surface area contributed by atoms with Crippen molar-refractivity contribution in [2.24, 2.45) is 5.92 Å². The van der Waals surface area contributed by atoms with Crippen LogP contribution in [-0.2, 0) is 0 Å². The van der Waals surface area contributed by atoms with E-state index in [-0.39, 0.29) is 5.91 Å². The molecule has 0 radical (unpaired) electrons. The highest BCUT2D eigenvalue weighted by Gasteiger charge is 2.14. The molecular formula is C9H15N5O. The van der Waals surface area contributed by atoms with Gasteiger partial charge in [0.2, 0.25) is 0 Å². The monoisotopic (exact) mass is 209 g/mol. The number of amides is 1. The minimum absolute atomic E-state index is 0.158. The number of aromatic nitrogens is 3. The average Bonchev–Trinajstić information content (AvgIpc) is 2.90. The van der Waals surface area contributed by atoms with Crippen LogP contribution in [0.2, 0.25) is 0 Å². The summed E-state index contributed by atoms with van der Waals surface area (Å²) in [4.78, 5) is 11.4. The first-order valence-electron chi connectivity index (χ1n) is 5.21. The van der Waals surface area contributed by atoms with Crippen LogP contribution in [0.25, 0.3) is 0 Å². The molecule has 1 aromatic rings. The molecule has 2 heterocycles. The third-order valence-corrected chi connectivity index (χ3v) is 2.65. The van der Waals surface area contributed by atoms with E-state index >= 15 is 0 Å². The number of nitrogens with one attached hydrogen (secondary N) is 3. The second-order valence-electron chi connectivity index (χ2n) is 3.76. The van der Waals surface area contributed by atoms with E-state index in [4.69, 9.17) is 0 Å². The van der Waals surface area contributed by atoms with Crippen LogP contribution in [-0.4, -0.2) is 41.0 Å². The minimum Gasteiger partial charge on any atom is -0.351 e. The van der Waals surface area contributed by atoms with Crippen molar-refractivity contribution in [2.45, 2.75) is 12.8 Å². The van der Waals surface area contributed by atoms with Crippen molar-refractivity contribution in [3.05, 3.63) is 11.9 Å². The topological polar surface area (TPSA) is 82.7 Å². The quantitative estimate of drug-likeness (QED) is 0.626. The zero-order chi connectivity index (χ0) is 10.5. The summed E-state index contributed by atoms with van der Waals surface area (Å²) in [7, 11) is 0. The van der Waals surface area contributed by atoms with E-state index in [1.54, 1.807) is 0 Å². The summed E-state index contributed by atoms with van der Waals surface area (Å²) in [6, 6.07) is 0. The lowest BCUT2D eigenvalue weighted by Crippen LogP contribution is -2.26. The Kier molecular flexibility index (Phi) is 3.29. The van der Waals surface area contributed by atoms with E-state index < -0.39 is 0 Å². The number of nitrogens with zero attached hydrogens (tertiary/aromatic N) is 2. The molecule has 1 saturated heterocycles. The minimum atomic E-state index is -0.158. The second-order valence-corrected chi connectivity index (χ2v) is 3.76. The Morgan fingerprint density at radius 2 is 2.60 bits per heavy atom. The zero-order valence-electron chi connectivity index (χ0n) is 8.49. The molecule has 82 valence electrons. The van der Waals surface area contributed by atoms with Crippen molar-refractivity contribution in [3.8, 4) is 0 Å². The van der Waals surface area contributed by atoms with Gasteiger partial charge >= 0.3 is 0 Å². The largest absolute Gasteiger partial charge is 0.351 e. The van der Waals surface area contributed by atoms with Crippen LogP contribution in [0.1, 0.15) is 23.3 Å². The molecule has 2 rings (SSSR count). The summed E-state index contributed by atoms with van der Waals surface area (Å²) < 4.78 is 0. The second kappa shape index (κ2) is 4.88. The molecule has 15 heavy (non-hydrogen) atoms. The highest BCUT2D eigenvalue weighted by Crippen LogP contribution is 2.10. The summed E-state index contributed by atoms with van der Waals surface area (Å²) in [5.74, 6) is 0.539. The van der Waals surface area contributed by atoms with Gasteiger partial charge in [-0.05, 0) is 31.8 Å². The number of hydrogen-bond acceptors (Lipinski definition) is 4. The van der Waals surface area contributed by atoms with Gasteiger partial charge in [0.25, 0.3) is 5.91 Å². The van der Waals surface area contributed by atoms with Crippen molar-refractivity contribution in [1.82, 2.24) is 26.0 Å². The molecule has 1 aromatic heterocycles. The van der Waals surface area contributed by atoms with Crippen LogP contribution >= 0.6 is 0 Å². The lowest BCUT2D eigenvalue weighted by molar-refractivity contribution is 0.0946. The van der Waals surface area contributed by atoms with E-state index in [1.807, 2.05) is 0 Å². The smallest absolute Gasteiger partial charge is 0.273 e. The molecule has 1 fully saturated rings. The Bertz CT molecular complexity index is 304. The predicted octanol–water partition coefficient (Wildman–Crippen LogP) is -0.466. The SMILES string of the molecule is O=C(NCCC1CCNC1)c1cn[nH]n1. The van der Waals surface area contributed by atoms with Crippen LogP contribution in [0.5, 0.6) is 0 Å². The van der Waals surface area contributed by atoms with Crippen molar-refractivity contribution in [3.63, 3.8) is 0 Å². The molecular weight excluding hydrogens is 194 g/mol. The van der Waals surface area contributed by atoms with Gasteiger partial charge in [0.15, 0.2) is 5.69 Å². The Morgan fingerprint density at radius 1 is 1.67 bits per heavy atom. The molecule has 1 atom stereocenters. The number of H-pyrrole nitrogens is 1. The Balaban J connectivity index is 1.67.